The summed E-state index contributed by atoms with van der Waals surface area (Å²) >= 11 is 0. The molecule has 5 heteroatoms. The van der Waals surface area contributed by atoms with Crippen molar-refractivity contribution in [2.75, 3.05) is 26.3 Å². The van der Waals surface area contributed by atoms with E-state index in [0.29, 0.717) is 5.56 Å². The lowest BCUT2D eigenvalue weighted by atomic mass is 10.1. The van der Waals surface area contributed by atoms with Crippen LogP contribution < -0.4 is 0 Å². The minimum atomic E-state index is -0.271. The second kappa shape index (κ2) is 8.03. The van der Waals surface area contributed by atoms with Crippen LogP contribution in [-0.4, -0.2) is 47.3 Å². The van der Waals surface area contributed by atoms with Crippen molar-refractivity contribution in [3.05, 3.63) is 41.5 Å². The largest absolute Gasteiger partial charge is 0.395 e. The van der Waals surface area contributed by atoms with Crippen molar-refractivity contribution in [2.24, 2.45) is 0 Å². The Bertz CT molecular complexity index is 468. The van der Waals surface area contributed by atoms with Crippen LogP contribution in [0.15, 0.2) is 30.3 Å². The number of aliphatic hydroxyl groups is 2. The summed E-state index contributed by atoms with van der Waals surface area (Å²) in [6.45, 7) is 0.0983. The minimum absolute atomic E-state index is 0.142. The molecule has 1 rings (SSSR count). The molecule has 0 aliphatic carbocycles. The number of rotatable bonds is 6. The molecule has 0 saturated carbocycles. The Morgan fingerprint density at radius 2 is 1.79 bits per heavy atom. The highest BCUT2D eigenvalue weighted by Crippen LogP contribution is 2.05. The number of hydrogen-bond acceptors (Lipinski definition) is 4. The van der Waals surface area contributed by atoms with Crippen LogP contribution in [-0.2, 0) is 4.79 Å². The molecule has 1 amide bonds. The van der Waals surface area contributed by atoms with E-state index < -0.39 is 0 Å². The Hall–Kier alpha value is -2.16. The molecule has 0 aliphatic heterocycles. The van der Waals surface area contributed by atoms with Gasteiger partial charge in [-0.1, -0.05) is 12.1 Å². The summed E-state index contributed by atoms with van der Waals surface area (Å²) in [6.07, 6.45) is 3.01. The third-order valence-corrected chi connectivity index (χ3v) is 2.51. The summed E-state index contributed by atoms with van der Waals surface area (Å²) in [4.78, 5) is 13.1. The van der Waals surface area contributed by atoms with E-state index in [-0.39, 0.29) is 32.2 Å². The maximum absolute atomic E-state index is 11.8. The third kappa shape index (κ3) is 4.92. The van der Waals surface area contributed by atoms with E-state index in [1.807, 2.05) is 6.07 Å². The zero-order valence-electron chi connectivity index (χ0n) is 10.5. The number of amides is 1. The number of benzene rings is 1. The first-order chi connectivity index (χ1) is 9.21. The summed E-state index contributed by atoms with van der Waals surface area (Å²) in [7, 11) is 0. The van der Waals surface area contributed by atoms with Gasteiger partial charge in [0.25, 0.3) is 0 Å². The molecule has 0 fully saturated rings. The van der Waals surface area contributed by atoms with Gasteiger partial charge in [0.15, 0.2) is 0 Å². The lowest BCUT2D eigenvalue weighted by Gasteiger charge is -2.18. The van der Waals surface area contributed by atoms with Gasteiger partial charge in [0.1, 0.15) is 0 Å². The molecule has 0 unspecified atom stereocenters. The molecule has 100 valence electrons. The molecular weight excluding hydrogens is 244 g/mol. The molecular formula is C14H16N2O3. The number of hydrogen-bond donors (Lipinski definition) is 2. The van der Waals surface area contributed by atoms with Gasteiger partial charge in [0.05, 0.1) is 24.8 Å². The smallest absolute Gasteiger partial charge is 0.246 e. The van der Waals surface area contributed by atoms with Crippen LogP contribution >= 0.6 is 0 Å². The highest BCUT2D eigenvalue weighted by molar-refractivity contribution is 5.91. The SMILES string of the molecule is N#Cc1ccc(/C=C/C(=O)N(CCO)CCO)cc1. The van der Waals surface area contributed by atoms with Crippen molar-refractivity contribution in [3.8, 4) is 6.07 Å². The molecule has 0 aliphatic rings. The van der Waals surface area contributed by atoms with Crippen LogP contribution in [0.25, 0.3) is 6.08 Å². The van der Waals surface area contributed by atoms with Crippen LogP contribution in [0.3, 0.4) is 0 Å². The number of carbonyl (C=O) groups is 1. The minimum Gasteiger partial charge on any atom is -0.395 e. The number of carbonyl (C=O) groups excluding carboxylic acids is 1. The van der Waals surface area contributed by atoms with Crippen molar-refractivity contribution in [1.29, 1.82) is 5.26 Å². The molecule has 1 aromatic rings. The van der Waals surface area contributed by atoms with E-state index >= 15 is 0 Å². The predicted molar refractivity (Wildman–Crippen MR) is 70.9 cm³/mol. The highest BCUT2D eigenvalue weighted by atomic mass is 16.3. The quantitative estimate of drug-likeness (QED) is 0.724. The van der Waals surface area contributed by atoms with Gasteiger partial charge in [-0.25, -0.2) is 0 Å². The summed E-state index contributed by atoms with van der Waals surface area (Å²) in [6, 6.07) is 8.84. The van der Waals surface area contributed by atoms with Crippen LogP contribution in [0, 0.1) is 11.3 Å². The zero-order valence-corrected chi connectivity index (χ0v) is 10.5. The van der Waals surface area contributed by atoms with Crippen LogP contribution in [0.1, 0.15) is 11.1 Å². The van der Waals surface area contributed by atoms with E-state index in [2.05, 4.69) is 0 Å². The molecule has 0 heterocycles. The first kappa shape index (κ1) is 14.9. The Balaban J connectivity index is 2.67. The molecule has 2 N–H and O–H groups in total. The maximum atomic E-state index is 11.8. The number of nitrogens with zero attached hydrogens (tertiary/aromatic N) is 2. The molecule has 0 atom stereocenters. The van der Waals surface area contributed by atoms with Gasteiger partial charge >= 0.3 is 0 Å². The molecule has 0 bridgehead atoms. The Morgan fingerprint density at radius 1 is 1.21 bits per heavy atom. The number of nitriles is 1. The lowest BCUT2D eigenvalue weighted by Crippen LogP contribution is -2.34. The molecule has 1 aromatic carbocycles. The molecule has 0 spiro atoms. The molecule has 19 heavy (non-hydrogen) atoms. The van der Waals surface area contributed by atoms with Crippen LogP contribution in [0.2, 0.25) is 0 Å². The van der Waals surface area contributed by atoms with E-state index in [1.54, 1.807) is 30.3 Å². The summed E-state index contributed by atoms with van der Waals surface area (Å²) in [5, 5.41) is 26.3. The number of aliphatic hydroxyl groups excluding tert-OH is 2. The highest BCUT2D eigenvalue weighted by Gasteiger charge is 2.08. The summed E-state index contributed by atoms with van der Waals surface area (Å²) in [5.74, 6) is -0.271. The van der Waals surface area contributed by atoms with Crippen molar-refractivity contribution in [3.63, 3.8) is 0 Å². The Labute approximate surface area is 112 Å². The second-order valence-corrected chi connectivity index (χ2v) is 3.84. The van der Waals surface area contributed by atoms with Crippen LogP contribution in [0.4, 0.5) is 0 Å². The summed E-state index contributed by atoms with van der Waals surface area (Å²) < 4.78 is 0. The van der Waals surface area contributed by atoms with Crippen LogP contribution in [0.5, 0.6) is 0 Å². The van der Waals surface area contributed by atoms with Gasteiger partial charge in [0, 0.05) is 19.2 Å². The van der Waals surface area contributed by atoms with Gasteiger partial charge < -0.3 is 15.1 Å². The Kier molecular flexibility index (Phi) is 6.30. The third-order valence-electron chi connectivity index (χ3n) is 2.51. The molecule has 0 saturated heterocycles. The standard InChI is InChI=1S/C14H16N2O3/c15-11-13-3-1-12(2-4-13)5-6-14(19)16(7-9-17)8-10-18/h1-6,17-18H,7-10H2/b6-5+. The first-order valence-corrected chi connectivity index (χ1v) is 5.90. The Morgan fingerprint density at radius 3 is 2.26 bits per heavy atom. The van der Waals surface area contributed by atoms with Gasteiger partial charge in [0.2, 0.25) is 5.91 Å². The average molecular weight is 260 g/mol. The van der Waals surface area contributed by atoms with Crippen molar-refractivity contribution >= 4 is 12.0 Å². The monoisotopic (exact) mass is 260 g/mol. The van der Waals surface area contributed by atoms with E-state index in [9.17, 15) is 4.79 Å². The van der Waals surface area contributed by atoms with Crippen molar-refractivity contribution in [1.82, 2.24) is 4.90 Å². The predicted octanol–water partition coefficient (Wildman–Crippen LogP) is 0.385. The molecule has 0 aromatic heterocycles. The fourth-order valence-corrected chi connectivity index (χ4v) is 1.52. The van der Waals surface area contributed by atoms with Gasteiger partial charge in [-0.3, -0.25) is 4.79 Å². The summed E-state index contributed by atoms with van der Waals surface area (Å²) in [5.41, 5.74) is 1.37. The fraction of sp³-hybridized carbons (Fsp3) is 0.286. The molecule has 0 radical (unpaired) electrons. The van der Waals surface area contributed by atoms with Crippen molar-refractivity contribution in [2.45, 2.75) is 0 Å². The van der Waals surface area contributed by atoms with Crippen molar-refractivity contribution < 1.29 is 15.0 Å². The van der Waals surface area contributed by atoms with Gasteiger partial charge in [-0.2, -0.15) is 5.26 Å². The van der Waals surface area contributed by atoms with Gasteiger partial charge in [-0.05, 0) is 23.8 Å². The first-order valence-electron chi connectivity index (χ1n) is 5.90. The topological polar surface area (TPSA) is 84.6 Å². The van der Waals surface area contributed by atoms with E-state index in [1.165, 1.54) is 11.0 Å². The normalized spacial score (nSPS) is 10.4. The second-order valence-electron chi connectivity index (χ2n) is 3.84. The fourth-order valence-electron chi connectivity index (χ4n) is 1.52. The molecule has 5 nitrogen and oxygen atoms in total. The lowest BCUT2D eigenvalue weighted by molar-refractivity contribution is -0.126. The van der Waals surface area contributed by atoms with E-state index in [4.69, 9.17) is 15.5 Å². The van der Waals surface area contributed by atoms with Gasteiger partial charge in [-0.15, -0.1) is 0 Å². The average Bonchev–Trinajstić information content (AvgIpc) is 2.45. The maximum Gasteiger partial charge on any atom is 0.246 e. The zero-order chi connectivity index (χ0) is 14.1. The van der Waals surface area contributed by atoms with E-state index in [0.717, 1.165) is 5.56 Å².